The Bertz CT molecular complexity index is 952. The van der Waals surface area contributed by atoms with E-state index in [0.29, 0.717) is 27.7 Å². The third kappa shape index (κ3) is 9.84. The zero-order chi connectivity index (χ0) is 25.1. The van der Waals surface area contributed by atoms with Gasteiger partial charge in [0.1, 0.15) is 11.5 Å². The first-order valence-corrected chi connectivity index (χ1v) is 12.2. The summed E-state index contributed by atoms with van der Waals surface area (Å²) in [5.41, 5.74) is 1.35. The Morgan fingerprint density at radius 1 is 0.824 bits per heavy atom. The van der Waals surface area contributed by atoms with Crippen LogP contribution in [-0.4, -0.2) is 41.3 Å². The molecule has 0 saturated carbocycles. The summed E-state index contributed by atoms with van der Waals surface area (Å²) in [4.78, 5) is 33.7. The van der Waals surface area contributed by atoms with E-state index in [9.17, 15) is 24.2 Å². The molecule has 0 heterocycles. The third-order valence-electron chi connectivity index (χ3n) is 4.41. The summed E-state index contributed by atoms with van der Waals surface area (Å²) in [6.07, 6.45) is 0.110. The fourth-order valence-electron chi connectivity index (χ4n) is 2.74. The second kappa shape index (κ2) is 13.0. The number of amides is 1. The van der Waals surface area contributed by atoms with Gasteiger partial charge in [-0.3, -0.25) is 24.2 Å². The monoisotopic (exact) mass is 493 g/mol. The number of rotatable bonds is 12. The van der Waals surface area contributed by atoms with Crippen molar-refractivity contribution >= 4 is 25.4 Å². The lowest BCUT2D eigenvalue weighted by Gasteiger charge is -2.19. The molecular weight excluding hydrogens is 465 g/mol. The van der Waals surface area contributed by atoms with Crippen molar-refractivity contribution in [2.75, 3.05) is 13.2 Å². The van der Waals surface area contributed by atoms with Gasteiger partial charge in [0.15, 0.2) is 0 Å². The van der Waals surface area contributed by atoms with Crippen LogP contribution in [0.5, 0.6) is 11.5 Å². The highest BCUT2D eigenvalue weighted by Crippen LogP contribution is 2.50. The topological polar surface area (TPSA) is 129 Å². The second-order valence-electron chi connectivity index (χ2n) is 7.38. The number of hydrogen-bond acceptors (Lipinski definition) is 9. The van der Waals surface area contributed by atoms with Crippen molar-refractivity contribution in [3.8, 4) is 11.5 Å². The SMILES string of the molecule is CC(=O)Oc1ccc(COP(=O)(CCCC(=O)N(C)O)OCc2ccc(OC(C)=O)cc2)cc1. The maximum atomic E-state index is 13.4. The van der Waals surface area contributed by atoms with Crippen LogP contribution in [0.4, 0.5) is 0 Å². The molecule has 0 aliphatic carbocycles. The molecule has 1 N–H and O–H groups in total. The maximum Gasteiger partial charge on any atom is 0.331 e. The Hall–Kier alpha value is -3.04. The molecule has 0 radical (unpaired) electrons. The molecule has 0 bridgehead atoms. The van der Waals surface area contributed by atoms with Crippen molar-refractivity contribution < 1.29 is 42.7 Å². The fourth-order valence-corrected chi connectivity index (χ4v) is 4.31. The molecule has 184 valence electrons. The standard InChI is InChI=1S/C23H28NO9P/c1-17(25)32-21-10-6-19(7-11-21)15-30-34(29,14-4-5-23(27)24(3)28)31-16-20-8-12-22(13-9-20)33-18(2)26/h6-13,28H,4-5,14-16H2,1-3H3. The Morgan fingerprint density at radius 3 is 1.59 bits per heavy atom. The Labute approximate surface area is 197 Å². The maximum absolute atomic E-state index is 13.4. The quantitative estimate of drug-likeness (QED) is 0.153. The number of esters is 2. The van der Waals surface area contributed by atoms with Gasteiger partial charge in [0.05, 0.1) is 19.4 Å². The lowest BCUT2D eigenvalue weighted by Crippen LogP contribution is -2.22. The molecule has 0 atom stereocenters. The average molecular weight is 493 g/mol. The van der Waals surface area contributed by atoms with E-state index in [2.05, 4.69) is 0 Å². The Balaban J connectivity index is 2.02. The van der Waals surface area contributed by atoms with Gasteiger partial charge in [0.2, 0.25) is 5.91 Å². The van der Waals surface area contributed by atoms with E-state index in [1.165, 1.54) is 20.9 Å². The summed E-state index contributed by atoms with van der Waals surface area (Å²) in [5.74, 6) is -0.649. The number of nitrogens with zero attached hydrogens (tertiary/aromatic N) is 1. The molecule has 0 unspecified atom stereocenters. The summed E-state index contributed by atoms with van der Waals surface area (Å²) in [6, 6.07) is 13.0. The number of hydrogen-bond donors (Lipinski definition) is 1. The van der Waals surface area contributed by atoms with Crippen LogP contribution in [0.2, 0.25) is 0 Å². The highest BCUT2D eigenvalue weighted by molar-refractivity contribution is 7.53. The average Bonchev–Trinajstić information content (AvgIpc) is 2.77. The molecule has 0 spiro atoms. The zero-order valence-electron chi connectivity index (χ0n) is 19.3. The van der Waals surface area contributed by atoms with Crippen molar-refractivity contribution in [2.45, 2.75) is 39.9 Å². The normalized spacial score (nSPS) is 11.1. The van der Waals surface area contributed by atoms with E-state index >= 15 is 0 Å². The van der Waals surface area contributed by atoms with Gasteiger partial charge in [-0.25, -0.2) is 5.06 Å². The molecule has 0 saturated heterocycles. The van der Waals surface area contributed by atoms with Gasteiger partial charge in [0, 0.05) is 27.3 Å². The highest BCUT2D eigenvalue weighted by Gasteiger charge is 2.25. The van der Waals surface area contributed by atoms with Crippen LogP contribution in [0, 0.1) is 0 Å². The van der Waals surface area contributed by atoms with E-state index in [-0.39, 0.29) is 32.2 Å². The molecule has 0 aromatic heterocycles. The van der Waals surface area contributed by atoms with Gasteiger partial charge in [-0.2, -0.15) is 0 Å². The van der Waals surface area contributed by atoms with Gasteiger partial charge in [-0.1, -0.05) is 24.3 Å². The predicted molar refractivity (Wildman–Crippen MR) is 121 cm³/mol. The smallest absolute Gasteiger partial charge is 0.331 e. The van der Waals surface area contributed by atoms with Crippen LogP contribution in [0.15, 0.2) is 48.5 Å². The first-order valence-electron chi connectivity index (χ1n) is 10.4. The van der Waals surface area contributed by atoms with Gasteiger partial charge in [-0.05, 0) is 41.8 Å². The van der Waals surface area contributed by atoms with Crippen LogP contribution in [0.25, 0.3) is 0 Å². The highest BCUT2D eigenvalue weighted by atomic mass is 31.2. The van der Waals surface area contributed by atoms with E-state index in [0.717, 1.165) is 0 Å². The van der Waals surface area contributed by atoms with Crippen molar-refractivity contribution in [1.82, 2.24) is 5.06 Å². The molecule has 0 fully saturated rings. The first-order chi connectivity index (χ1) is 16.1. The first kappa shape index (κ1) is 27.2. The number of benzene rings is 2. The third-order valence-corrected chi connectivity index (χ3v) is 6.32. The van der Waals surface area contributed by atoms with Crippen LogP contribution in [0.1, 0.15) is 37.8 Å². The summed E-state index contributed by atoms with van der Waals surface area (Å²) in [7, 11) is -2.41. The fraction of sp³-hybridized carbons (Fsp3) is 0.348. The number of carbonyl (C=O) groups is 3. The van der Waals surface area contributed by atoms with Crippen molar-refractivity contribution in [2.24, 2.45) is 0 Å². The summed E-state index contributed by atoms with van der Waals surface area (Å²) in [6.45, 7) is 2.54. The second-order valence-corrected chi connectivity index (χ2v) is 9.56. The van der Waals surface area contributed by atoms with Crippen LogP contribution < -0.4 is 9.47 Å². The van der Waals surface area contributed by atoms with Crippen molar-refractivity contribution in [3.05, 3.63) is 59.7 Å². The molecule has 34 heavy (non-hydrogen) atoms. The van der Waals surface area contributed by atoms with Crippen LogP contribution in [-0.2, 0) is 41.2 Å². The molecule has 0 aliphatic rings. The summed E-state index contributed by atoms with van der Waals surface area (Å²) in [5, 5.41) is 9.67. The molecule has 0 aliphatic heterocycles. The largest absolute Gasteiger partial charge is 0.427 e. The summed E-state index contributed by atoms with van der Waals surface area (Å²) >= 11 is 0. The summed E-state index contributed by atoms with van der Waals surface area (Å²) < 4.78 is 34.6. The number of hydroxylamine groups is 2. The van der Waals surface area contributed by atoms with E-state index in [4.69, 9.17) is 18.5 Å². The van der Waals surface area contributed by atoms with Crippen LogP contribution in [0.3, 0.4) is 0 Å². The molecule has 2 aromatic carbocycles. The Morgan fingerprint density at radius 2 is 1.24 bits per heavy atom. The number of carbonyl (C=O) groups excluding carboxylic acids is 3. The number of ether oxygens (including phenoxy) is 2. The lowest BCUT2D eigenvalue weighted by atomic mass is 10.2. The molecule has 1 amide bonds. The van der Waals surface area contributed by atoms with Crippen molar-refractivity contribution in [1.29, 1.82) is 0 Å². The van der Waals surface area contributed by atoms with E-state index in [1.54, 1.807) is 48.5 Å². The zero-order valence-corrected chi connectivity index (χ0v) is 20.2. The van der Waals surface area contributed by atoms with Crippen molar-refractivity contribution in [3.63, 3.8) is 0 Å². The molecule has 10 nitrogen and oxygen atoms in total. The van der Waals surface area contributed by atoms with Gasteiger partial charge in [0.25, 0.3) is 0 Å². The minimum atomic E-state index is -3.63. The van der Waals surface area contributed by atoms with Gasteiger partial charge < -0.3 is 18.5 Å². The predicted octanol–water partition coefficient (Wildman–Crippen LogP) is 4.09. The Kier molecular flexibility index (Phi) is 10.4. The van der Waals surface area contributed by atoms with Gasteiger partial charge in [-0.15, -0.1) is 0 Å². The minimum absolute atomic E-state index is 0.0299. The van der Waals surface area contributed by atoms with Crippen LogP contribution >= 0.6 is 7.60 Å². The van der Waals surface area contributed by atoms with Gasteiger partial charge >= 0.3 is 19.5 Å². The lowest BCUT2D eigenvalue weighted by molar-refractivity contribution is -0.159. The van der Waals surface area contributed by atoms with E-state index in [1.807, 2.05) is 0 Å². The molecule has 2 rings (SSSR count). The molecular formula is C23H28NO9P. The molecule has 11 heteroatoms. The minimum Gasteiger partial charge on any atom is -0.427 e. The van der Waals surface area contributed by atoms with E-state index < -0.39 is 25.4 Å². The molecule has 2 aromatic rings.